The number of nitro groups is 1. The number of hydrogen-bond acceptors (Lipinski definition) is 4. The standard InChI is InChI=1S/C15H19N3O2/c1-15(2,3)12-6-7-17(10-12)13-4-5-14(18(19)20)11(8-13)9-16/h4-5,8,12H,6-7,10H2,1-3H3. The van der Waals surface area contributed by atoms with Crippen LogP contribution in [0.2, 0.25) is 0 Å². The first kappa shape index (κ1) is 14.3. The predicted octanol–water partition coefficient (Wildman–Crippen LogP) is 3.34. The Morgan fingerprint density at radius 2 is 2.15 bits per heavy atom. The molecule has 2 rings (SSSR count). The third-order valence-electron chi connectivity index (χ3n) is 4.08. The Kier molecular flexibility index (Phi) is 3.67. The van der Waals surface area contributed by atoms with Gasteiger partial charge in [0.2, 0.25) is 0 Å². The SMILES string of the molecule is CC(C)(C)C1CCN(c2ccc([N+](=O)[O-])c(C#N)c2)C1. The fourth-order valence-corrected chi connectivity index (χ4v) is 2.67. The maximum atomic E-state index is 10.8. The smallest absolute Gasteiger partial charge is 0.287 e. The van der Waals surface area contributed by atoms with Gasteiger partial charge in [-0.2, -0.15) is 5.26 Å². The summed E-state index contributed by atoms with van der Waals surface area (Å²) < 4.78 is 0. The van der Waals surface area contributed by atoms with Gasteiger partial charge in [0.25, 0.3) is 5.69 Å². The Balaban J connectivity index is 2.24. The van der Waals surface area contributed by atoms with Crippen molar-refractivity contribution in [2.45, 2.75) is 27.2 Å². The van der Waals surface area contributed by atoms with E-state index in [-0.39, 0.29) is 16.7 Å². The Morgan fingerprint density at radius 3 is 2.65 bits per heavy atom. The highest BCUT2D eigenvalue weighted by molar-refractivity contribution is 5.60. The van der Waals surface area contributed by atoms with Crippen LogP contribution >= 0.6 is 0 Å². The van der Waals surface area contributed by atoms with E-state index >= 15 is 0 Å². The average Bonchev–Trinajstić information content (AvgIpc) is 2.87. The minimum absolute atomic E-state index is 0.122. The second-order valence-corrected chi connectivity index (χ2v) is 6.37. The molecule has 1 aromatic carbocycles. The lowest BCUT2D eigenvalue weighted by atomic mass is 9.80. The number of anilines is 1. The van der Waals surface area contributed by atoms with Crippen molar-refractivity contribution in [1.29, 1.82) is 5.26 Å². The number of rotatable bonds is 2. The van der Waals surface area contributed by atoms with Crippen molar-refractivity contribution in [3.63, 3.8) is 0 Å². The van der Waals surface area contributed by atoms with Gasteiger partial charge in [-0.15, -0.1) is 0 Å². The maximum Gasteiger partial charge on any atom is 0.287 e. The van der Waals surface area contributed by atoms with E-state index in [1.165, 1.54) is 6.07 Å². The zero-order chi connectivity index (χ0) is 14.9. The minimum atomic E-state index is -0.510. The number of hydrogen-bond donors (Lipinski definition) is 0. The van der Waals surface area contributed by atoms with Crippen LogP contribution in [0.15, 0.2) is 18.2 Å². The summed E-state index contributed by atoms with van der Waals surface area (Å²) in [4.78, 5) is 12.5. The number of benzene rings is 1. The molecular formula is C15H19N3O2. The van der Waals surface area contributed by atoms with Crippen molar-refractivity contribution in [1.82, 2.24) is 0 Å². The van der Waals surface area contributed by atoms with E-state index in [1.807, 2.05) is 6.07 Å². The first-order chi connectivity index (χ1) is 9.32. The van der Waals surface area contributed by atoms with Crippen LogP contribution in [0.5, 0.6) is 0 Å². The molecule has 1 aromatic rings. The Hall–Kier alpha value is -2.09. The lowest BCUT2D eigenvalue weighted by Crippen LogP contribution is -2.25. The highest BCUT2D eigenvalue weighted by atomic mass is 16.6. The average molecular weight is 273 g/mol. The predicted molar refractivity (Wildman–Crippen MR) is 77.6 cm³/mol. The molecule has 0 N–H and O–H groups in total. The number of nitriles is 1. The lowest BCUT2D eigenvalue weighted by molar-refractivity contribution is -0.385. The van der Waals surface area contributed by atoms with Crippen molar-refractivity contribution < 1.29 is 4.92 Å². The van der Waals surface area contributed by atoms with Crippen LogP contribution in [0.3, 0.4) is 0 Å². The topological polar surface area (TPSA) is 70.2 Å². The summed E-state index contributed by atoms with van der Waals surface area (Å²) in [5.74, 6) is 0.600. The van der Waals surface area contributed by atoms with E-state index in [0.29, 0.717) is 5.92 Å². The Bertz CT molecular complexity index is 569. The van der Waals surface area contributed by atoms with Gasteiger partial charge in [0.05, 0.1) is 4.92 Å². The zero-order valence-corrected chi connectivity index (χ0v) is 12.1. The largest absolute Gasteiger partial charge is 0.371 e. The summed E-state index contributed by atoms with van der Waals surface area (Å²) in [6.07, 6.45) is 1.11. The highest BCUT2D eigenvalue weighted by Gasteiger charge is 2.32. The molecule has 0 aliphatic carbocycles. The van der Waals surface area contributed by atoms with E-state index in [4.69, 9.17) is 5.26 Å². The molecule has 0 bridgehead atoms. The third kappa shape index (κ3) is 2.74. The maximum absolute atomic E-state index is 10.8. The first-order valence-corrected chi connectivity index (χ1v) is 6.76. The van der Waals surface area contributed by atoms with Gasteiger partial charge in [0.15, 0.2) is 0 Å². The molecule has 1 aliphatic heterocycles. The van der Waals surface area contributed by atoms with Gasteiger partial charge in [-0.05, 0) is 29.9 Å². The summed E-state index contributed by atoms with van der Waals surface area (Å²) in [6, 6.07) is 6.71. The van der Waals surface area contributed by atoms with Gasteiger partial charge in [0.1, 0.15) is 11.6 Å². The molecule has 106 valence electrons. The first-order valence-electron chi connectivity index (χ1n) is 6.76. The molecule has 20 heavy (non-hydrogen) atoms. The van der Waals surface area contributed by atoms with E-state index in [2.05, 4.69) is 25.7 Å². The highest BCUT2D eigenvalue weighted by Crippen LogP contribution is 2.36. The molecule has 5 heteroatoms. The monoisotopic (exact) mass is 273 g/mol. The molecule has 0 radical (unpaired) electrons. The molecule has 0 amide bonds. The normalized spacial score (nSPS) is 18.9. The summed E-state index contributed by atoms with van der Waals surface area (Å²) in [6.45, 7) is 8.57. The molecule has 1 fully saturated rings. The second-order valence-electron chi connectivity index (χ2n) is 6.37. The van der Waals surface area contributed by atoms with Gasteiger partial charge in [-0.1, -0.05) is 20.8 Å². The van der Waals surface area contributed by atoms with Crippen LogP contribution < -0.4 is 4.90 Å². The van der Waals surface area contributed by atoms with E-state index in [0.717, 1.165) is 25.2 Å². The van der Waals surface area contributed by atoms with Crippen LogP contribution in [-0.2, 0) is 0 Å². The van der Waals surface area contributed by atoms with Crippen LogP contribution in [0, 0.1) is 32.8 Å². The Morgan fingerprint density at radius 1 is 1.45 bits per heavy atom. The van der Waals surface area contributed by atoms with Crippen molar-refractivity contribution >= 4 is 11.4 Å². The fraction of sp³-hybridized carbons (Fsp3) is 0.533. The minimum Gasteiger partial charge on any atom is -0.371 e. The molecule has 1 heterocycles. The fourth-order valence-electron chi connectivity index (χ4n) is 2.67. The molecule has 0 spiro atoms. The van der Waals surface area contributed by atoms with E-state index in [1.54, 1.807) is 12.1 Å². The molecule has 5 nitrogen and oxygen atoms in total. The molecule has 0 aromatic heterocycles. The van der Waals surface area contributed by atoms with Gasteiger partial charge in [-0.3, -0.25) is 10.1 Å². The quantitative estimate of drug-likeness (QED) is 0.612. The number of nitro benzene ring substituents is 1. The van der Waals surface area contributed by atoms with Crippen LogP contribution in [0.1, 0.15) is 32.8 Å². The third-order valence-corrected chi connectivity index (χ3v) is 4.08. The molecular weight excluding hydrogens is 254 g/mol. The molecule has 1 atom stereocenters. The van der Waals surface area contributed by atoms with Crippen LogP contribution in [-0.4, -0.2) is 18.0 Å². The number of nitrogens with zero attached hydrogens (tertiary/aromatic N) is 3. The van der Waals surface area contributed by atoms with Crippen molar-refractivity contribution in [3.8, 4) is 6.07 Å². The second kappa shape index (κ2) is 5.12. The van der Waals surface area contributed by atoms with Gasteiger partial charge in [0, 0.05) is 24.8 Å². The van der Waals surface area contributed by atoms with Crippen LogP contribution in [0.4, 0.5) is 11.4 Å². The Labute approximate surface area is 119 Å². The van der Waals surface area contributed by atoms with Crippen molar-refractivity contribution in [2.75, 3.05) is 18.0 Å². The molecule has 1 unspecified atom stereocenters. The molecule has 1 aliphatic rings. The zero-order valence-electron chi connectivity index (χ0n) is 12.1. The van der Waals surface area contributed by atoms with E-state index in [9.17, 15) is 10.1 Å². The molecule has 1 saturated heterocycles. The van der Waals surface area contributed by atoms with E-state index < -0.39 is 4.92 Å². The van der Waals surface area contributed by atoms with Crippen molar-refractivity contribution in [3.05, 3.63) is 33.9 Å². The molecule has 0 saturated carbocycles. The lowest BCUT2D eigenvalue weighted by Gasteiger charge is -2.27. The van der Waals surface area contributed by atoms with Gasteiger partial charge in [-0.25, -0.2) is 0 Å². The van der Waals surface area contributed by atoms with Gasteiger partial charge < -0.3 is 4.90 Å². The summed E-state index contributed by atoms with van der Waals surface area (Å²) >= 11 is 0. The van der Waals surface area contributed by atoms with Gasteiger partial charge >= 0.3 is 0 Å². The van der Waals surface area contributed by atoms with Crippen molar-refractivity contribution in [2.24, 2.45) is 11.3 Å². The van der Waals surface area contributed by atoms with Crippen LogP contribution in [0.25, 0.3) is 0 Å². The summed E-state index contributed by atoms with van der Waals surface area (Å²) in [5.41, 5.74) is 1.17. The summed E-state index contributed by atoms with van der Waals surface area (Å²) in [7, 11) is 0. The summed E-state index contributed by atoms with van der Waals surface area (Å²) in [5, 5.41) is 19.9.